The van der Waals surface area contributed by atoms with E-state index in [1.165, 1.54) is 14.2 Å². The van der Waals surface area contributed by atoms with Crippen molar-refractivity contribution in [2.24, 2.45) is 0 Å². The number of methoxy groups -OCH3 is 2. The number of benzene rings is 2. The van der Waals surface area contributed by atoms with E-state index in [-0.39, 0.29) is 9.92 Å². The Kier molecular flexibility index (Phi) is 5.69. The molecule has 1 unspecified atom stereocenters. The molecule has 0 saturated carbocycles. The molecule has 0 radical (unpaired) electrons. The molecule has 0 fully saturated rings. The van der Waals surface area contributed by atoms with E-state index < -0.39 is 21.9 Å². The van der Waals surface area contributed by atoms with Crippen LogP contribution in [0.3, 0.4) is 0 Å². The number of halogens is 2. The van der Waals surface area contributed by atoms with Crippen LogP contribution in [0.15, 0.2) is 41.3 Å². The van der Waals surface area contributed by atoms with Crippen LogP contribution < -0.4 is 14.2 Å². The molecular formula is C16H17ClFNO4S. The number of hydrogen-bond acceptors (Lipinski definition) is 4. The van der Waals surface area contributed by atoms with Gasteiger partial charge in [0.25, 0.3) is 0 Å². The molecule has 2 rings (SSSR count). The first-order chi connectivity index (χ1) is 11.3. The van der Waals surface area contributed by atoms with Gasteiger partial charge in [-0.3, -0.25) is 0 Å². The van der Waals surface area contributed by atoms with Crippen LogP contribution in [-0.2, 0) is 10.0 Å². The zero-order chi connectivity index (χ0) is 17.9. The Morgan fingerprint density at radius 1 is 1.12 bits per heavy atom. The molecule has 130 valence electrons. The van der Waals surface area contributed by atoms with Gasteiger partial charge in [-0.1, -0.05) is 11.6 Å². The Morgan fingerprint density at radius 2 is 1.83 bits per heavy atom. The lowest BCUT2D eigenvalue weighted by atomic mass is 10.1. The van der Waals surface area contributed by atoms with E-state index in [4.69, 9.17) is 21.1 Å². The van der Waals surface area contributed by atoms with Crippen molar-refractivity contribution in [1.29, 1.82) is 0 Å². The first-order valence-electron chi connectivity index (χ1n) is 6.98. The van der Waals surface area contributed by atoms with Gasteiger partial charge in [0, 0.05) is 11.6 Å². The van der Waals surface area contributed by atoms with Gasteiger partial charge in [-0.25, -0.2) is 17.5 Å². The summed E-state index contributed by atoms with van der Waals surface area (Å²) in [6.07, 6.45) is 0. The summed E-state index contributed by atoms with van der Waals surface area (Å²) in [5.74, 6) is 0.467. The molecule has 2 aromatic rings. The molecule has 0 bridgehead atoms. The van der Waals surface area contributed by atoms with Crippen LogP contribution in [0.1, 0.15) is 18.5 Å². The maximum atomic E-state index is 13.1. The highest BCUT2D eigenvalue weighted by Gasteiger charge is 2.23. The highest BCUT2D eigenvalue weighted by Crippen LogP contribution is 2.31. The van der Waals surface area contributed by atoms with E-state index in [0.717, 1.165) is 18.2 Å². The summed E-state index contributed by atoms with van der Waals surface area (Å²) >= 11 is 5.85. The summed E-state index contributed by atoms with van der Waals surface area (Å²) in [7, 11) is -0.943. The Labute approximate surface area is 145 Å². The average Bonchev–Trinajstić information content (AvgIpc) is 2.53. The molecule has 2 aromatic carbocycles. The number of rotatable bonds is 6. The maximum absolute atomic E-state index is 13.1. The van der Waals surface area contributed by atoms with Gasteiger partial charge in [-0.15, -0.1) is 0 Å². The molecule has 8 heteroatoms. The van der Waals surface area contributed by atoms with Crippen molar-refractivity contribution in [3.63, 3.8) is 0 Å². The Morgan fingerprint density at radius 3 is 2.42 bits per heavy atom. The number of nitrogens with one attached hydrogen (secondary N) is 1. The minimum Gasteiger partial charge on any atom is -0.497 e. The van der Waals surface area contributed by atoms with Crippen molar-refractivity contribution in [2.45, 2.75) is 17.9 Å². The van der Waals surface area contributed by atoms with Gasteiger partial charge in [-0.2, -0.15) is 0 Å². The molecule has 5 nitrogen and oxygen atoms in total. The van der Waals surface area contributed by atoms with E-state index in [1.807, 2.05) is 0 Å². The van der Waals surface area contributed by atoms with E-state index >= 15 is 0 Å². The van der Waals surface area contributed by atoms with Crippen molar-refractivity contribution in [1.82, 2.24) is 4.72 Å². The fourth-order valence-electron chi connectivity index (χ4n) is 2.23. The van der Waals surface area contributed by atoms with Crippen LogP contribution in [0.4, 0.5) is 4.39 Å². The summed E-state index contributed by atoms with van der Waals surface area (Å²) in [4.78, 5) is -0.195. The standard InChI is InChI=1S/C16H17ClFNO4S/c1-10(13-9-12(22-2)5-6-15(13)23-3)19-24(20,21)16-7-4-11(18)8-14(16)17/h4-10,19H,1-3H3. The van der Waals surface area contributed by atoms with Crippen molar-refractivity contribution in [3.8, 4) is 11.5 Å². The third-order valence-corrected chi connectivity index (χ3v) is 5.44. The van der Waals surface area contributed by atoms with Gasteiger partial charge in [0.1, 0.15) is 22.2 Å². The Hall–Kier alpha value is -1.83. The Balaban J connectivity index is 2.36. The first kappa shape index (κ1) is 18.5. The van der Waals surface area contributed by atoms with Crippen molar-refractivity contribution >= 4 is 21.6 Å². The van der Waals surface area contributed by atoms with Crippen LogP contribution in [0, 0.1) is 5.82 Å². The molecule has 0 amide bonds. The minimum absolute atomic E-state index is 0.188. The summed E-state index contributed by atoms with van der Waals surface area (Å²) in [5.41, 5.74) is 0.596. The number of ether oxygens (including phenoxy) is 2. The minimum atomic E-state index is -3.94. The van der Waals surface area contributed by atoms with Crippen molar-refractivity contribution in [2.75, 3.05) is 14.2 Å². The van der Waals surface area contributed by atoms with Crippen molar-refractivity contribution in [3.05, 3.63) is 52.8 Å². The smallest absolute Gasteiger partial charge is 0.242 e. The second-order valence-corrected chi connectivity index (χ2v) is 7.12. The van der Waals surface area contributed by atoms with Gasteiger partial charge in [0.15, 0.2) is 0 Å². The normalized spacial score (nSPS) is 12.7. The van der Waals surface area contributed by atoms with E-state index in [9.17, 15) is 12.8 Å². The summed E-state index contributed by atoms with van der Waals surface area (Å²) in [6.45, 7) is 1.66. The molecule has 0 aliphatic rings. The summed E-state index contributed by atoms with van der Waals surface area (Å²) in [5, 5.41) is -0.188. The monoisotopic (exact) mass is 373 g/mol. The largest absolute Gasteiger partial charge is 0.497 e. The maximum Gasteiger partial charge on any atom is 0.242 e. The summed E-state index contributed by atoms with van der Waals surface area (Å²) in [6, 6.07) is 7.56. The van der Waals surface area contributed by atoms with Crippen LogP contribution in [0.5, 0.6) is 11.5 Å². The quantitative estimate of drug-likeness (QED) is 0.841. The number of hydrogen-bond donors (Lipinski definition) is 1. The summed E-state index contributed by atoms with van der Waals surface area (Å²) < 4.78 is 51.1. The SMILES string of the molecule is COc1ccc(OC)c(C(C)NS(=O)(=O)c2ccc(F)cc2Cl)c1. The molecule has 0 heterocycles. The van der Waals surface area contributed by atoms with Crippen molar-refractivity contribution < 1.29 is 22.3 Å². The third kappa shape index (κ3) is 3.98. The molecule has 1 atom stereocenters. The molecule has 0 aromatic heterocycles. The highest BCUT2D eigenvalue weighted by atomic mass is 35.5. The lowest BCUT2D eigenvalue weighted by Gasteiger charge is -2.18. The molecule has 24 heavy (non-hydrogen) atoms. The molecule has 0 saturated heterocycles. The van der Waals surface area contributed by atoms with Crippen LogP contribution in [0.2, 0.25) is 5.02 Å². The second-order valence-electron chi connectivity index (χ2n) is 5.03. The average molecular weight is 374 g/mol. The van der Waals surface area contributed by atoms with Gasteiger partial charge in [-0.05, 0) is 43.3 Å². The molecule has 0 aliphatic heterocycles. The van der Waals surface area contributed by atoms with E-state index in [0.29, 0.717) is 17.1 Å². The lowest BCUT2D eigenvalue weighted by Crippen LogP contribution is -2.27. The molecule has 0 spiro atoms. The van der Waals surface area contributed by atoms with Gasteiger partial charge >= 0.3 is 0 Å². The van der Waals surface area contributed by atoms with Crippen LogP contribution >= 0.6 is 11.6 Å². The molecule has 1 N–H and O–H groups in total. The van der Waals surface area contributed by atoms with E-state index in [1.54, 1.807) is 25.1 Å². The van der Waals surface area contributed by atoms with Crippen LogP contribution in [-0.4, -0.2) is 22.6 Å². The molecular weight excluding hydrogens is 357 g/mol. The zero-order valence-corrected chi connectivity index (χ0v) is 14.9. The van der Waals surface area contributed by atoms with Gasteiger partial charge in [0.2, 0.25) is 10.0 Å². The predicted octanol–water partition coefficient (Wildman–Crippen LogP) is 3.54. The van der Waals surface area contributed by atoms with Crippen LogP contribution in [0.25, 0.3) is 0 Å². The second kappa shape index (κ2) is 7.38. The van der Waals surface area contributed by atoms with E-state index in [2.05, 4.69) is 4.72 Å². The fraction of sp³-hybridized carbons (Fsp3) is 0.250. The lowest BCUT2D eigenvalue weighted by molar-refractivity contribution is 0.395. The Bertz CT molecular complexity index is 842. The van der Waals surface area contributed by atoms with Gasteiger partial charge < -0.3 is 9.47 Å². The third-order valence-electron chi connectivity index (χ3n) is 3.42. The van der Waals surface area contributed by atoms with Gasteiger partial charge in [0.05, 0.1) is 19.2 Å². The zero-order valence-electron chi connectivity index (χ0n) is 13.3. The first-order valence-corrected chi connectivity index (χ1v) is 8.84. The highest BCUT2D eigenvalue weighted by molar-refractivity contribution is 7.89. The fourth-order valence-corrected chi connectivity index (χ4v) is 3.98. The number of sulfonamides is 1. The molecule has 0 aliphatic carbocycles. The topological polar surface area (TPSA) is 64.6 Å². The predicted molar refractivity (Wildman–Crippen MR) is 89.7 cm³/mol.